The first kappa shape index (κ1) is 22.3. The molecule has 4 rings (SSSR count). The van der Waals surface area contributed by atoms with Crippen molar-refractivity contribution in [3.63, 3.8) is 0 Å². The van der Waals surface area contributed by atoms with Crippen molar-refractivity contribution in [2.75, 3.05) is 7.11 Å². The van der Waals surface area contributed by atoms with E-state index in [0.29, 0.717) is 10.7 Å². The summed E-state index contributed by atoms with van der Waals surface area (Å²) >= 11 is 6.60. The highest BCUT2D eigenvalue weighted by molar-refractivity contribution is 8.24. The van der Waals surface area contributed by atoms with Crippen molar-refractivity contribution in [2.45, 2.75) is 70.0 Å². The van der Waals surface area contributed by atoms with Gasteiger partial charge in [-0.25, -0.2) is 0 Å². The van der Waals surface area contributed by atoms with E-state index < -0.39 is 0 Å². The number of fused-ring (bicyclic) bond motifs is 1. The number of amides is 1. The molecule has 0 bridgehead atoms. The number of nitrogens with one attached hydrogen (secondary N) is 1. The van der Waals surface area contributed by atoms with Crippen molar-refractivity contribution >= 4 is 34.2 Å². The van der Waals surface area contributed by atoms with E-state index in [-0.39, 0.29) is 22.0 Å². The van der Waals surface area contributed by atoms with E-state index in [2.05, 4.69) is 64.2 Å². The molecule has 1 saturated heterocycles. The lowest BCUT2D eigenvalue weighted by Crippen LogP contribution is -2.34. The third-order valence-corrected chi connectivity index (χ3v) is 8.31. The Balaban J connectivity index is 1.80. The zero-order valence-electron chi connectivity index (χ0n) is 19.2. The SMILES string of the molecule is COc1ccc(CC2SC(=S)NC2=O)cc1-c1cc2c(cc1C)C(C)(C)CCC2(C)C. The summed E-state index contributed by atoms with van der Waals surface area (Å²) < 4.78 is 6.32. The molecule has 2 aromatic rings. The maximum Gasteiger partial charge on any atom is 0.239 e. The molecule has 0 spiro atoms. The van der Waals surface area contributed by atoms with Crippen LogP contribution >= 0.6 is 24.0 Å². The van der Waals surface area contributed by atoms with Gasteiger partial charge in [0.2, 0.25) is 5.91 Å². The second kappa shape index (κ2) is 7.93. The quantitative estimate of drug-likeness (QED) is 0.570. The number of benzene rings is 2. The Morgan fingerprint density at radius 1 is 1.06 bits per heavy atom. The van der Waals surface area contributed by atoms with Crippen LogP contribution in [0.25, 0.3) is 11.1 Å². The van der Waals surface area contributed by atoms with E-state index in [1.807, 2.05) is 6.07 Å². The normalized spacial score (nSPS) is 21.5. The molecule has 3 nitrogen and oxygen atoms in total. The Morgan fingerprint density at radius 3 is 2.29 bits per heavy atom. The molecule has 5 heteroatoms. The first-order valence-electron chi connectivity index (χ1n) is 10.9. The van der Waals surface area contributed by atoms with E-state index in [9.17, 15) is 4.79 Å². The molecule has 1 fully saturated rings. The lowest BCUT2D eigenvalue weighted by molar-refractivity contribution is -0.118. The number of ether oxygens (including phenoxy) is 1. The summed E-state index contributed by atoms with van der Waals surface area (Å²) in [7, 11) is 1.72. The fourth-order valence-electron chi connectivity index (χ4n) is 4.85. The van der Waals surface area contributed by atoms with Gasteiger partial charge in [-0.2, -0.15) is 0 Å². The molecule has 1 amide bonds. The highest BCUT2D eigenvalue weighted by Gasteiger charge is 2.37. The summed E-state index contributed by atoms with van der Waals surface area (Å²) in [6.45, 7) is 11.6. The van der Waals surface area contributed by atoms with E-state index >= 15 is 0 Å². The maximum atomic E-state index is 12.2. The van der Waals surface area contributed by atoms with E-state index in [1.165, 1.54) is 46.9 Å². The lowest BCUT2D eigenvalue weighted by atomic mass is 9.62. The minimum absolute atomic E-state index is 0.00121. The molecular formula is C26H31NO2S2. The average Bonchev–Trinajstić information content (AvgIpc) is 3.02. The Morgan fingerprint density at radius 2 is 1.71 bits per heavy atom. The Kier molecular flexibility index (Phi) is 5.72. The van der Waals surface area contributed by atoms with Crippen molar-refractivity contribution < 1.29 is 9.53 Å². The van der Waals surface area contributed by atoms with Crippen molar-refractivity contribution in [3.8, 4) is 16.9 Å². The van der Waals surface area contributed by atoms with E-state index in [0.717, 1.165) is 16.9 Å². The Labute approximate surface area is 195 Å². The summed E-state index contributed by atoms with van der Waals surface area (Å²) in [4.78, 5) is 12.2. The summed E-state index contributed by atoms with van der Waals surface area (Å²) in [5.41, 5.74) is 7.91. The fourth-order valence-corrected chi connectivity index (χ4v) is 6.16. The molecule has 0 saturated carbocycles. The third-order valence-electron chi connectivity index (χ3n) is 6.94. The summed E-state index contributed by atoms with van der Waals surface area (Å²) in [6, 6.07) is 11.0. The van der Waals surface area contributed by atoms with Gasteiger partial charge in [0.05, 0.1) is 12.4 Å². The molecule has 1 N–H and O–H groups in total. The van der Waals surface area contributed by atoms with Crippen molar-refractivity contribution in [3.05, 3.63) is 52.6 Å². The first-order chi connectivity index (χ1) is 14.5. The number of thiocarbonyl (C=S) groups is 1. The predicted molar refractivity (Wildman–Crippen MR) is 134 cm³/mol. The smallest absolute Gasteiger partial charge is 0.239 e. The standard InChI is InChI=1S/C26H31NO2S2/c1-15-11-19-20(26(4,5)10-9-25(19,2)3)14-17(15)18-12-16(7-8-21(18)29-6)13-22-23(28)27-24(30)31-22/h7-8,11-12,14,22H,9-10,13H2,1-6H3,(H,27,28,30). The van der Waals surface area contributed by atoms with Crippen LogP contribution in [0.2, 0.25) is 0 Å². The maximum absolute atomic E-state index is 12.2. The molecule has 0 radical (unpaired) electrons. The van der Waals surface area contributed by atoms with Crippen LogP contribution in [-0.4, -0.2) is 22.6 Å². The van der Waals surface area contributed by atoms with Gasteiger partial charge >= 0.3 is 0 Å². The largest absolute Gasteiger partial charge is 0.496 e. The Bertz CT molecular complexity index is 1070. The molecule has 0 aromatic heterocycles. The fraction of sp³-hybridized carbons (Fsp3) is 0.462. The highest BCUT2D eigenvalue weighted by Crippen LogP contribution is 2.48. The summed E-state index contributed by atoms with van der Waals surface area (Å²) in [6.07, 6.45) is 3.03. The molecule has 2 aromatic carbocycles. The molecule has 1 aliphatic heterocycles. The summed E-state index contributed by atoms with van der Waals surface area (Å²) in [5, 5.41) is 2.58. The molecule has 164 valence electrons. The summed E-state index contributed by atoms with van der Waals surface area (Å²) in [5.74, 6) is 0.861. The second-order valence-electron chi connectivity index (χ2n) is 10.1. The topological polar surface area (TPSA) is 38.3 Å². The first-order valence-corrected chi connectivity index (χ1v) is 12.1. The molecule has 1 aliphatic carbocycles. The van der Waals surface area contributed by atoms with Gasteiger partial charge in [0.1, 0.15) is 10.1 Å². The molecule has 1 unspecified atom stereocenters. The van der Waals surface area contributed by atoms with Crippen LogP contribution in [0.15, 0.2) is 30.3 Å². The van der Waals surface area contributed by atoms with E-state index in [1.54, 1.807) is 7.11 Å². The van der Waals surface area contributed by atoms with Crippen LogP contribution in [0, 0.1) is 6.92 Å². The Hall–Kier alpha value is -1.85. The monoisotopic (exact) mass is 453 g/mol. The van der Waals surface area contributed by atoms with Gasteiger partial charge in [0.25, 0.3) is 0 Å². The molecule has 1 atom stereocenters. The van der Waals surface area contributed by atoms with Crippen LogP contribution in [0.4, 0.5) is 0 Å². The predicted octanol–water partition coefficient (Wildman–Crippen LogP) is 6.08. The van der Waals surface area contributed by atoms with Gasteiger partial charge in [-0.1, -0.05) is 63.8 Å². The molecule has 2 aliphatic rings. The van der Waals surface area contributed by atoms with Crippen LogP contribution in [0.5, 0.6) is 5.75 Å². The van der Waals surface area contributed by atoms with Crippen LogP contribution in [0.1, 0.15) is 62.8 Å². The minimum Gasteiger partial charge on any atom is -0.496 e. The van der Waals surface area contributed by atoms with Crippen molar-refractivity contribution in [2.24, 2.45) is 0 Å². The number of hydrogen-bond donors (Lipinski definition) is 1. The lowest BCUT2D eigenvalue weighted by Gasteiger charge is -2.42. The van der Waals surface area contributed by atoms with Gasteiger partial charge in [-0.15, -0.1) is 0 Å². The number of thioether (sulfide) groups is 1. The van der Waals surface area contributed by atoms with Gasteiger partial charge in [-0.3, -0.25) is 4.79 Å². The zero-order valence-corrected chi connectivity index (χ0v) is 20.9. The van der Waals surface area contributed by atoms with Crippen LogP contribution < -0.4 is 10.1 Å². The molecular weight excluding hydrogens is 422 g/mol. The van der Waals surface area contributed by atoms with Gasteiger partial charge < -0.3 is 10.1 Å². The third kappa shape index (κ3) is 4.14. The van der Waals surface area contributed by atoms with Gasteiger partial charge in [0.15, 0.2) is 0 Å². The van der Waals surface area contributed by atoms with Crippen molar-refractivity contribution in [1.29, 1.82) is 0 Å². The van der Waals surface area contributed by atoms with Gasteiger partial charge in [0, 0.05) is 5.56 Å². The number of carbonyl (C=O) groups excluding carboxylic acids is 1. The van der Waals surface area contributed by atoms with Crippen LogP contribution in [0.3, 0.4) is 0 Å². The second-order valence-corrected chi connectivity index (χ2v) is 12.0. The van der Waals surface area contributed by atoms with E-state index in [4.69, 9.17) is 17.0 Å². The number of rotatable bonds is 4. The van der Waals surface area contributed by atoms with Crippen molar-refractivity contribution in [1.82, 2.24) is 5.32 Å². The zero-order chi connectivity index (χ0) is 22.6. The molecule has 1 heterocycles. The highest BCUT2D eigenvalue weighted by atomic mass is 32.2. The average molecular weight is 454 g/mol. The van der Waals surface area contributed by atoms with Gasteiger partial charge in [-0.05, 0) is 83.0 Å². The number of carbonyl (C=O) groups is 1. The van der Waals surface area contributed by atoms with Crippen LogP contribution in [-0.2, 0) is 22.0 Å². The number of methoxy groups -OCH3 is 1. The number of hydrogen-bond acceptors (Lipinski definition) is 4. The number of aryl methyl sites for hydroxylation is 1. The minimum atomic E-state index is -0.168. The molecule has 31 heavy (non-hydrogen) atoms.